The summed E-state index contributed by atoms with van der Waals surface area (Å²) in [4.78, 5) is 0. The number of rotatable bonds is 1. The van der Waals surface area contributed by atoms with Crippen molar-refractivity contribution in [3.05, 3.63) is 0 Å². The van der Waals surface area contributed by atoms with Gasteiger partial charge in [0, 0.05) is 0 Å². The SMILES string of the molecule is [B]S(C)(C)SC. The summed E-state index contributed by atoms with van der Waals surface area (Å²) in [6, 6.07) is 0. The maximum Gasteiger partial charge on any atom is 0.151 e. The topological polar surface area (TPSA) is 0 Å². The lowest BCUT2D eigenvalue weighted by atomic mass is 10.8. The van der Waals surface area contributed by atoms with E-state index in [-0.39, 0.29) is 0 Å². The summed E-state index contributed by atoms with van der Waals surface area (Å²) in [5.74, 6) is 0. The monoisotopic (exact) mass is 120 g/mol. The Balaban J connectivity index is 3.17. The molecule has 0 spiro atoms. The first-order valence-electron chi connectivity index (χ1n) is 1.63. The molecule has 0 bridgehead atoms. The third-order valence-electron chi connectivity index (χ3n) is 0.430. The molecular weight excluding hydrogens is 111 g/mol. The highest BCUT2D eigenvalue weighted by Crippen LogP contribution is 2.46. The fourth-order valence-corrected chi connectivity index (χ4v) is 0. The van der Waals surface area contributed by atoms with Gasteiger partial charge < -0.3 is 0 Å². The third kappa shape index (κ3) is 4.76. The van der Waals surface area contributed by atoms with Gasteiger partial charge in [0.25, 0.3) is 0 Å². The number of hydrogen-bond acceptors (Lipinski definition) is 1. The molecule has 0 atom stereocenters. The summed E-state index contributed by atoms with van der Waals surface area (Å²) in [6.07, 6.45) is 6.17. The summed E-state index contributed by atoms with van der Waals surface area (Å²) >= 11 is 0. The van der Waals surface area contributed by atoms with Crippen molar-refractivity contribution in [2.75, 3.05) is 18.8 Å². The van der Waals surface area contributed by atoms with E-state index in [2.05, 4.69) is 12.5 Å². The van der Waals surface area contributed by atoms with Gasteiger partial charge in [-0.25, -0.2) is 8.91 Å². The quantitative estimate of drug-likeness (QED) is 0.372. The molecule has 0 saturated heterocycles. The molecule has 6 heavy (non-hydrogen) atoms. The van der Waals surface area contributed by atoms with Gasteiger partial charge in [0.2, 0.25) is 0 Å². The lowest BCUT2D eigenvalue weighted by Gasteiger charge is -2.20. The zero-order chi connectivity index (χ0) is 5.21. The van der Waals surface area contributed by atoms with Crippen LogP contribution in [-0.4, -0.2) is 25.9 Å². The van der Waals surface area contributed by atoms with Crippen LogP contribution in [0.4, 0.5) is 0 Å². The second-order valence-corrected chi connectivity index (χ2v) is 8.00. The Morgan fingerprint density at radius 2 is 1.67 bits per heavy atom. The predicted molar refractivity (Wildman–Crippen MR) is 38.7 cm³/mol. The van der Waals surface area contributed by atoms with Gasteiger partial charge in [-0.2, -0.15) is 0 Å². The number of hydrogen-bond donors (Lipinski definition) is 0. The van der Waals surface area contributed by atoms with E-state index < -0.39 is 8.91 Å². The van der Waals surface area contributed by atoms with Gasteiger partial charge >= 0.3 is 0 Å². The van der Waals surface area contributed by atoms with Crippen molar-refractivity contribution >= 4 is 26.8 Å². The molecule has 0 aromatic heterocycles. The molecule has 2 radical (unpaired) electrons. The normalized spacial score (nSPS) is 14.5. The molecule has 0 N–H and O–H groups in total. The minimum absolute atomic E-state index is 0.745. The van der Waals surface area contributed by atoms with Gasteiger partial charge in [-0.15, -0.1) is 10.8 Å². The Kier molecular flexibility index (Phi) is 2.45. The van der Waals surface area contributed by atoms with Crippen LogP contribution in [0.3, 0.4) is 0 Å². The molecule has 0 saturated carbocycles. The Bertz CT molecular complexity index is 38.5. The second-order valence-electron chi connectivity index (χ2n) is 1.48. The molecule has 0 aromatic carbocycles. The molecule has 0 amide bonds. The molecule has 0 aliphatic carbocycles. The highest BCUT2D eigenvalue weighted by Gasteiger charge is 1.96. The van der Waals surface area contributed by atoms with E-state index in [0.717, 1.165) is 0 Å². The van der Waals surface area contributed by atoms with Crippen LogP contribution in [-0.2, 0) is 0 Å². The lowest BCUT2D eigenvalue weighted by molar-refractivity contribution is 2.32. The standard InChI is InChI=1S/C3H9BS2/c1-5-6(2,3)4/h1-3H3. The molecule has 0 aliphatic rings. The smallest absolute Gasteiger partial charge is 0.151 e. The largest absolute Gasteiger partial charge is 0.242 e. The van der Waals surface area contributed by atoms with E-state index in [4.69, 9.17) is 7.12 Å². The molecule has 0 fully saturated rings. The summed E-state index contributed by atoms with van der Waals surface area (Å²) in [6.45, 7) is 0. The maximum atomic E-state index is 5.58. The molecule has 0 nitrogen and oxygen atoms in total. The van der Waals surface area contributed by atoms with Crippen molar-refractivity contribution < 1.29 is 0 Å². The lowest BCUT2D eigenvalue weighted by Crippen LogP contribution is -1.82. The maximum absolute atomic E-state index is 5.58. The van der Waals surface area contributed by atoms with E-state index in [9.17, 15) is 0 Å². The Morgan fingerprint density at radius 3 is 1.67 bits per heavy atom. The summed E-state index contributed by atoms with van der Waals surface area (Å²) in [5, 5.41) is 0. The van der Waals surface area contributed by atoms with Crippen molar-refractivity contribution in [3.8, 4) is 0 Å². The van der Waals surface area contributed by atoms with Crippen LogP contribution in [0, 0.1) is 0 Å². The first-order chi connectivity index (χ1) is 2.56. The van der Waals surface area contributed by atoms with Crippen LogP contribution in [0.5, 0.6) is 0 Å². The first kappa shape index (κ1) is 6.76. The van der Waals surface area contributed by atoms with Gasteiger partial charge in [0.15, 0.2) is 7.12 Å². The van der Waals surface area contributed by atoms with Gasteiger partial charge in [-0.3, -0.25) is 0 Å². The summed E-state index contributed by atoms with van der Waals surface area (Å²) in [5.41, 5.74) is 0. The molecule has 0 aromatic rings. The molecule has 0 unspecified atom stereocenters. The van der Waals surface area contributed by atoms with Crippen LogP contribution in [0.1, 0.15) is 0 Å². The summed E-state index contributed by atoms with van der Waals surface area (Å²) in [7, 11) is 6.58. The first-order valence-corrected chi connectivity index (χ1v) is 5.88. The molecule has 36 valence electrons. The average Bonchev–Trinajstić information content (AvgIpc) is 1.35. The highest BCUT2D eigenvalue weighted by atomic mass is 33.2. The Morgan fingerprint density at radius 1 is 1.50 bits per heavy atom. The molecule has 3 heteroatoms. The highest BCUT2D eigenvalue weighted by molar-refractivity contribution is 9.01. The van der Waals surface area contributed by atoms with Crippen molar-refractivity contribution in [2.45, 2.75) is 0 Å². The van der Waals surface area contributed by atoms with E-state index >= 15 is 0 Å². The zero-order valence-corrected chi connectivity index (χ0v) is 6.03. The van der Waals surface area contributed by atoms with Crippen molar-refractivity contribution in [3.63, 3.8) is 0 Å². The van der Waals surface area contributed by atoms with Crippen molar-refractivity contribution in [1.29, 1.82) is 0 Å². The Labute approximate surface area is 46.1 Å². The van der Waals surface area contributed by atoms with Gasteiger partial charge in [0.1, 0.15) is 0 Å². The minimum atomic E-state index is -0.745. The van der Waals surface area contributed by atoms with Crippen LogP contribution in [0.2, 0.25) is 0 Å². The van der Waals surface area contributed by atoms with E-state index in [1.165, 1.54) is 0 Å². The van der Waals surface area contributed by atoms with Crippen LogP contribution < -0.4 is 0 Å². The predicted octanol–water partition coefficient (Wildman–Crippen LogP) is 1.41. The summed E-state index contributed by atoms with van der Waals surface area (Å²) < 4.78 is 0. The van der Waals surface area contributed by atoms with E-state index in [1.807, 2.05) is 6.26 Å². The van der Waals surface area contributed by atoms with E-state index in [1.54, 1.807) is 10.8 Å². The van der Waals surface area contributed by atoms with Crippen LogP contribution >= 0.6 is 19.7 Å². The second kappa shape index (κ2) is 2.17. The van der Waals surface area contributed by atoms with Gasteiger partial charge in [-0.05, 0) is 18.8 Å². The van der Waals surface area contributed by atoms with Crippen LogP contribution in [0.15, 0.2) is 0 Å². The molecule has 0 rings (SSSR count). The molecule has 0 heterocycles. The minimum Gasteiger partial charge on any atom is -0.242 e. The molecule has 0 aliphatic heterocycles. The third-order valence-corrected chi connectivity index (χ3v) is 3.87. The zero-order valence-electron chi connectivity index (χ0n) is 4.39. The molecular formula is C3H9BS2. The fourth-order valence-electron chi connectivity index (χ4n) is 0. The van der Waals surface area contributed by atoms with Crippen molar-refractivity contribution in [1.82, 2.24) is 0 Å². The Hall–Kier alpha value is 0.765. The van der Waals surface area contributed by atoms with Gasteiger partial charge in [-0.1, -0.05) is 0 Å². The fraction of sp³-hybridized carbons (Fsp3) is 1.00. The van der Waals surface area contributed by atoms with Gasteiger partial charge in [0.05, 0.1) is 0 Å². The van der Waals surface area contributed by atoms with E-state index in [0.29, 0.717) is 0 Å². The average molecular weight is 120 g/mol. The van der Waals surface area contributed by atoms with Crippen molar-refractivity contribution in [2.24, 2.45) is 0 Å². The van der Waals surface area contributed by atoms with Crippen LogP contribution in [0.25, 0.3) is 0 Å².